The molecule has 0 heterocycles. The fraction of sp³-hybridized carbons (Fsp3) is 0.364. The zero-order valence-electron chi connectivity index (χ0n) is 9.08. The van der Waals surface area contributed by atoms with Crippen LogP contribution in [0.25, 0.3) is 0 Å². The average molecular weight is 293 g/mol. The molecule has 1 unspecified atom stereocenters. The molecule has 16 heavy (non-hydrogen) atoms. The number of aliphatic hydroxyl groups is 1. The molecule has 2 N–H and O–H groups in total. The van der Waals surface area contributed by atoms with Gasteiger partial charge in [-0.3, -0.25) is 0 Å². The Labute approximate surface area is 102 Å². The van der Waals surface area contributed by atoms with Gasteiger partial charge >= 0.3 is 5.97 Å². The molecule has 90 valence electrons. The Balaban J connectivity index is 0.00000106. The second kappa shape index (κ2) is 7.35. The molecule has 0 saturated heterocycles. The Morgan fingerprint density at radius 1 is 1.50 bits per heavy atom. The number of carboxylic acid groups (broad SMARTS) is 1. The molecule has 1 aromatic rings. The lowest BCUT2D eigenvalue weighted by atomic mass is 10.1. The summed E-state index contributed by atoms with van der Waals surface area (Å²) in [6.45, 7) is 4.00. The first-order chi connectivity index (χ1) is 7.50. The van der Waals surface area contributed by atoms with Gasteiger partial charge in [-0.1, -0.05) is 19.9 Å². The molecule has 1 aromatic carbocycles. The molecular weight excluding hydrogens is 279 g/mol. The third-order valence-corrected chi connectivity index (χ3v) is 2.34. The van der Waals surface area contributed by atoms with Crippen LogP contribution in [0, 0.1) is 5.82 Å². The summed E-state index contributed by atoms with van der Waals surface area (Å²) in [5.74, 6) is -1.78. The molecule has 5 heteroatoms. The van der Waals surface area contributed by atoms with Gasteiger partial charge in [-0.05, 0) is 33.6 Å². The van der Waals surface area contributed by atoms with E-state index < -0.39 is 17.9 Å². The molecule has 0 bridgehead atoms. The van der Waals surface area contributed by atoms with Crippen LogP contribution in [-0.2, 0) is 11.2 Å². The van der Waals surface area contributed by atoms with Crippen molar-refractivity contribution in [2.75, 3.05) is 0 Å². The summed E-state index contributed by atoms with van der Waals surface area (Å²) >= 11 is 2.97. The summed E-state index contributed by atoms with van der Waals surface area (Å²) in [5.41, 5.74) is 0.445. The van der Waals surface area contributed by atoms with E-state index in [1.54, 1.807) is 6.07 Å². The van der Waals surface area contributed by atoms with Crippen LogP contribution in [0.5, 0.6) is 0 Å². The summed E-state index contributed by atoms with van der Waals surface area (Å²) < 4.78 is 13.3. The van der Waals surface area contributed by atoms with Crippen molar-refractivity contribution in [3.63, 3.8) is 0 Å². The summed E-state index contributed by atoms with van der Waals surface area (Å²) in [6, 6.07) is 4.22. The third-order valence-electron chi connectivity index (χ3n) is 1.70. The number of benzene rings is 1. The van der Waals surface area contributed by atoms with Gasteiger partial charge in [-0.15, -0.1) is 0 Å². The summed E-state index contributed by atoms with van der Waals surface area (Å²) in [6.07, 6.45) is -1.59. The van der Waals surface area contributed by atoms with Crippen LogP contribution in [0.15, 0.2) is 22.7 Å². The predicted octanol–water partition coefficient (Wildman–Crippen LogP) is 2.60. The molecule has 0 spiro atoms. The van der Waals surface area contributed by atoms with Crippen molar-refractivity contribution in [3.05, 3.63) is 34.1 Å². The zero-order valence-corrected chi connectivity index (χ0v) is 10.7. The fourth-order valence-corrected chi connectivity index (χ4v) is 1.22. The molecule has 0 fully saturated rings. The molecule has 0 aliphatic carbocycles. The van der Waals surface area contributed by atoms with Crippen LogP contribution in [0.3, 0.4) is 0 Å². The van der Waals surface area contributed by atoms with Gasteiger partial charge in [-0.2, -0.15) is 0 Å². The minimum absolute atomic E-state index is 0.0977. The van der Waals surface area contributed by atoms with Crippen molar-refractivity contribution < 1.29 is 19.4 Å². The fourth-order valence-electron chi connectivity index (χ4n) is 0.977. The number of rotatable bonds is 3. The molecule has 0 amide bonds. The van der Waals surface area contributed by atoms with E-state index in [9.17, 15) is 9.18 Å². The number of carboxylic acids is 1. The van der Waals surface area contributed by atoms with E-state index in [1.807, 2.05) is 13.8 Å². The first kappa shape index (κ1) is 15.1. The van der Waals surface area contributed by atoms with Crippen molar-refractivity contribution in [3.8, 4) is 0 Å². The molecule has 0 aliphatic heterocycles. The first-order valence-corrected chi connectivity index (χ1v) is 5.65. The second-order valence-corrected chi connectivity index (χ2v) is 3.66. The summed E-state index contributed by atoms with van der Waals surface area (Å²) in [4.78, 5) is 10.3. The Kier molecular flexibility index (Phi) is 6.92. The van der Waals surface area contributed by atoms with Gasteiger partial charge in [0.2, 0.25) is 0 Å². The quantitative estimate of drug-likeness (QED) is 0.900. The zero-order chi connectivity index (χ0) is 12.7. The van der Waals surface area contributed by atoms with Crippen molar-refractivity contribution in [1.29, 1.82) is 0 Å². The van der Waals surface area contributed by atoms with Crippen LogP contribution in [0.1, 0.15) is 19.4 Å². The van der Waals surface area contributed by atoms with E-state index >= 15 is 0 Å². The second-order valence-electron chi connectivity index (χ2n) is 2.81. The average Bonchev–Trinajstić information content (AvgIpc) is 2.26. The van der Waals surface area contributed by atoms with Crippen LogP contribution in [-0.4, -0.2) is 22.3 Å². The van der Waals surface area contributed by atoms with Crippen molar-refractivity contribution >= 4 is 21.9 Å². The van der Waals surface area contributed by atoms with Crippen LogP contribution in [0.4, 0.5) is 4.39 Å². The van der Waals surface area contributed by atoms with Gasteiger partial charge < -0.3 is 10.2 Å². The van der Waals surface area contributed by atoms with E-state index in [1.165, 1.54) is 12.1 Å². The highest BCUT2D eigenvalue weighted by molar-refractivity contribution is 9.10. The molecule has 0 saturated carbocycles. The Morgan fingerprint density at radius 3 is 2.50 bits per heavy atom. The number of halogens is 2. The molecular formula is C11H14BrFO3. The van der Waals surface area contributed by atoms with Gasteiger partial charge in [-0.25, -0.2) is 9.18 Å². The van der Waals surface area contributed by atoms with E-state index in [0.29, 0.717) is 10.0 Å². The Bertz CT molecular complexity index is 355. The van der Waals surface area contributed by atoms with Gasteiger partial charge in [0, 0.05) is 6.42 Å². The first-order valence-electron chi connectivity index (χ1n) is 4.85. The van der Waals surface area contributed by atoms with Gasteiger partial charge in [0.05, 0.1) is 4.47 Å². The highest BCUT2D eigenvalue weighted by Gasteiger charge is 2.14. The van der Waals surface area contributed by atoms with Crippen molar-refractivity contribution in [2.24, 2.45) is 0 Å². The Hall–Kier alpha value is -0.940. The van der Waals surface area contributed by atoms with E-state index in [0.717, 1.165) is 0 Å². The lowest BCUT2D eigenvalue weighted by molar-refractivity contribution is -0.146. The number of aliphatic carboxylic acids is 1. The smallest absolute Gasteiger partial charge is 0.332 e. The normalized spacial score (nSPS) is 11.3. The predicted molar refractivity (Wildman–Crippen MR) is 62.8 cm³/mol. The van der Waals surface area contributed by atoms with Crippen molar-refractivity contribution in [1.82, 2.24) is 0 Å². The maximum Gasteiger partial charge on any atom is 0.332 e. The summed E-state index contributed by atoms with van der Waals surface area (Å²) in [7, 11) is 0. The monoisotopic (exact) mass is 292 g/mol. The molecule has 3 nitrogen and oxygen atoms in total. The lowest BCUT2D eigenvalue weighted by Crippen LogP contribution is -2.21. The topological polar surface area (TPSA) is 57.5 Å². The van der Waals surface area contributed by atoms with Gasteiger partial charge in [0.1, 0.15) is 5.82 Å². The minimum atomic E-state index is -1.49. The largest absolute Gasteiger partial charge is 0.479 e. The van der Waals surface area contributed by atoms with Crippen LogP contribution >= 0.6 is 15.9 Å². The van der Waals surface area contributed by atoms with Crippen LogP contribution < -0.4 is 0 Å². The van der Waals surface area contributed by atoms with Gasteiger partial charge in [0.25, 0.3) is 0 Å². The highest BCUT2D eigenvalue weighted by Crippen LogP contribution is 2.17. The third kappa shape index (κ3) is 4.72. The lowest BCUT2D eigenvalue weighted by Gasteiger charge is -2.05. The SMILES string of the molecule is CC.O=C(O)C(O)Cc1ccc(Br)c(F)c1. The maximum atomic E-state index is 13.0. The Morgan fingerprint density at radius 2 is 2.06 bits per heavy atom. The number of carbonyl (C=O) groups is 1. The van der Waals surface area contributed by atoms with E-state index in [-0.39, 0.29) is 6.42 Å². The standard InChI is InChI=1S/C9H8BrFO3.C2H6/c10-6-2-1-5(3-7(6)11)4-8(12)9(13)14;1-2/h1-3,8,12H,4H2,(H,13,14);1-2H3. The van der Waals surface area contributed by atoms with Crippen LogP contribution in [0.2, 0.25) is 0 Å². The number of hydrogen-bond donors (Lipinski definition) is 2. The maximum absolute atomic E-state index is 13.0. The molecule has 0 aliphatic rings. The summed E-state index contributed by atoms with van der Waals surface area (Å²) in [5, 5.41) is 17.4. The molecule has 0 aromatic heterocycles. The number of aliphatic hydroxyl groups excluding tert-OH is 1. The molecule has 1 atom stereocenters. The van der Waals surface area contributed by atoms with Gasteiger partial charge in [0.15, 0.2) is 6.10 Å². The highest BCUT2D eigenvalue weighted by atomic mass is 79.9. The molecule has 0 radical (unpaired) electrons. The van der Waals surface area contributed by atoms with E-state index in [2.05, 4.69) is 15.9 Å². The minimum Gasteiger partial charge on any atom is -0.479 e. The number of hydrogen-bond acceptors (Lipinski definition) is 2. The molecule has 1 rings (SSSR count). The van der Waals surface area contributed by atoms with Crippen molar-refractivity contribution in [2.45, 2.75) is 26.4 Å². The van der Waals surface area contributed by atoms with E-state index in [4.69, 9.17) is 10.2 Å².